The van der Waals surface area contributed by atoms with Crippen molar-refractivity contribution in [2.24, 2.45) is 0 Å². The highest BCUT2D eigenvalue weighted by Crippen LogP contribution is 2.21. The Labute approximate surface area is 78.2 Å². The van der Waals surface area contributed by atoms with Crippen LogP contribution in [-0.2, 0) is 0 Å². The molecule has 0 aliphatic carbocycles. The number of furan rings is 1. The van der Waals surface area contributed by atoms with E-state index in [2.05, 4.69) is 9.97 Å². The first kappa shape index (κ1) is 7.32. The number of benzene rings is 1. The highest BCUT2D eigenvalue weighted by atomic mass is 16.3. The topological polar surface area (TPSA) is 58.9 Å². The summed E-state index contributed by atoms with van der Waals surface area (Å²) in [5, 5.41) is 1.51. The summed E-state index contributed by atoms with van der Waals surface area (Å²) in [5.41, 5.74) is 1.12. The number of rotatable bonds is 0. The molecule has 0 bridgehead atoms. The zero-order valence-electron chi connectivity index (χ0n) is 7.15. The van der Waals surface area contributed by atoms with Crippen LogP contribution >= 0.6 is 0 Å². The summed E-state index contributed by atoms with van der Waals surface area (Å²) in [6.07, 6.45) is 2.97. The molecule has 0 saturated carbocycles. The van der Waals surface area contributed by atoms with Gasteiger partial charge in [-0.1, -0.05) is 6.07 Å². The van der Waals surface area contributed by atoms with Crippen molar-refractivity contribution in [3.63, 3.8) is 0 Å². The molecule has 3 rings (SSSR count). The van der Waals surface area contributed by atoms with E-state index in [1.54, 1.807) is 12.3 Å². The molecule has 68 valence electrons. The second-order valence-corrected chi connectivity index (χ2v) is 3.03. The average Bonchev–Trinajstić information content (AvgIpc) is 2.66. The Morgan fingerprint density at radius 1 is 1.29 bits per heavy atom. The van der Waals surface area contributed by atoms with Crippen LogP contribution in [0, 0.1) is 0 Å². The molecule has 0 amide bonds. The van der Waals surface area contributed by atoms with Crippen molar-refractivity contribution in [1.82, 2.24) is 9.97 Å². The fraction of sp³-hybridized carbons (Fsp3) is 0. The molecule has 0 aliphatic rings. The molecule has 1 N–H and O–H groups in total. The summed E-state index contributed by atoms with van der Waals surface area (Å²) in [6, 6.07) is 5.44. The number of hydrogen-bond acceptors (Lipinski definition) is 3. The van der Waals surface area contributed by atoms with Crippen molar-refractivity contribution in [3.8, 4) is 0 Å². The van der Waals surface area contributed by atoms with Crippen LogP contribution < -0.4 is 5.56 Å². The van der Waals surface area contributed by atoms with Gasteiger partial charge in [0.05, 0.1) is 18.0 Å². The Morgan fingerprint density at radius 3 is 3.14 bits per heavy atom. The number of aromatic amines is 1. The first-order chi connectivity index (χ1) is 6.86. The maximum absolute atomic E-state index is 11.4. The van der Waals surface area contributed by atoms with Crippen LogP contribution in [0.15, 0.2) is 40.0 Å². The Bertz CT molecular complexity index is 666. The van der Waals surface area contributed by atoms with Crippen LogP contribution in [-0.4, -0.2) is 9.97 Å². The first-order valence-corrected chi connectivity index (χ1v) is 4.20. The highest BCUT2D eigenvalue weighted by Gasteiger charge is 2.05. The van der Waals surface area contributed by atoms with E-state index in [1.807, 2.05) is 12.1 Å². The fourth-order valence-electron chi connectivity index (χ4n) is 1.56. The molecule has 0 radical (unpaired) electrons. The van der Waals surface area contributed by atoms with E-state index in [4.69, 9.17) is 4.42 Å². The lowest BCUT2D eigenvalue weighted by Crippen LogP contribution is -2.05. The molecule has 4 heteroatoms. The smallest absolute Gasteiger partial charge is 0.258 e. The van der Waals surface area contributed by atoms with Crippen LogP contribution in [0.5, 0.6) is 0 Å². The van der Waals surface area contributed by atoms with Gasteiger partial charge < -0.3 is 9.40 Å². The van der Waals surface area contributed by atoms with Crippen molar-refractivity contribution >= 4 is 21.9 Å². The van der Waals surface area contributed by atoms with Gasteiger partial charge in [-0.15, -0.1) is 0 Å². The molecule has 0 fully saturated rings. The van der Waals surface area contributed by atoms with Crippen LogP contribution in [0.2, 0.25) is 0 Å². The van der Waals surface area contributed by atoms with Gasteiger partial charge in [0.15, 0.2) is 5.58 Å². The van der Waals surface area contributed by atoms with E-state index >= 15 is 0 Å². The Balaban J connectivity index is 2.71. The van der Waals surface area contributed by atoms with Crippen LogP contribution in [0.3, 0.4) is 0 Å². The van der Waals surface area contributed by atoms with Gasteiger partial charge in [0.2, 0.25) is 0 Å². The molecular formula is C10H6N2O2. The van der Waals surface area contributed by atoms with Crippen molar-refractivity contribution in [1.29, 1.82) is 0 Å². The summed E-state index contributed by atoms with van der Waals surface area (Å²) in [6.45, 7) is 0. The lowest BCUT2D eigenvalue weighted by Gasteiger charge is -1.95. The van der Waals surface area contributed by atoms with Gasteiger partial charge in [0.25, 0.3) is 5.56 Å². The first-order valence-electron chi connectivity index (χ1n) is 4.20. The number of H-pyrrole nitrogens is 1. The predicted octanol–water partition coefficient (Wildman–Crippen LogP) is 1.67. The van der Waals surface area contributed by atoms with E-state index < -0.39 is 0 Å². The standard InChI is InChI=1S/C10H6N2O2/c13-10-7-2-1-6-3-4-14-9(6)8(7)11-5-12-10/h1-5H,(H,11,12,13). The number of nitrogens with one attached hydrogen (secondary N) is 1. The van der Waals surface area contributed by atoms with E-state index in [9.17, 15) is 4.79 Å². The second-order valence-electron chi connectivity index (χ2n) is 3.03. The molecule has 2 heterocycles. The van der Waals surface area contributed by atoms with E-state index in [0.29, 0.717) is 16.5 Å². The maximum atomic E-state index is 11.4. The Hall–Kier alpha value is -2.10. The second kappa shape index (κ2) is 2.45. The molecule has 0 atom stereocenters. The molecule has 0 saturated heterocycles. The zero-order chi connectivity index (χ0) is 9.54. The highest BCUT2D eigenvalue weighted by molar-refractivity contribution is 6.01. The number of nitrogens with zero attached hydrogens (tertiary/aromatic N) is 1. The molecule has 0 spiro atoms. The molecule has 14 heavy (non-hydrogen) atoms. The summed E-state index contributed by atoms with van der Waals surface area (Å²) < 4.78 is 5.27. The molecule has 2 aromatic heterocycles. The lowest BCUT2D eigenvalue weighted by atomic mass is 10.2. The molecular weight excluding hydrogens is 180 g/mol. The minimum absolute atomic E-state index is 0.145. The molecule has 0 aliphatic heterocycles. The molecule has 0 unspecified atom stereocenters. The van der Waals surface area contributed by atoms with E-state index in [1.165, 1.54) is 6.33 Å². The van der Waals surface area contributed by atoms with E-state index in [-0.39, 0.29) is 5.56 Å². The largest absolute Gasteiger partial charge is 0.462 e. The lowest BCUT2D eigenvalue weighted by molar-refractivity contribution is 0.618. The zero-order valence-corrected chi connectivity index (χ0v) is 7.15. The summed E-state index contributed by atoms with van der Waals surface area (Å²) in [7, 11) is 0. The molecule has 3 aromatic rings. The van der Waals surface area contributed by atoms with Gasteiger partial charge in [-0.2, -0.15) is 0 Å². The monoisotopic (exact) mass is 186 g/mol. The van der Waals surface area contributed by atoms with Crippen molar-refractivity contribution in [2.75, 3.05) is 0 Å². The van der Waals surface area contributed by atoms with Gasteiger partial charge >= 0.3 is 0 Å². The quantitative estimate of drug-likeness (QED) is 0.581. The third-order valence-electron chi connectivity index (χ3n) is 2.23. The fourth-order valence-corrected chi connectivity index (χ4v) is 1.56. The minimum Gasteiger partial charge on any atom is -0.462 e. The third-order valence-corrected chi connectivity index (χ3v) is 2.23. The number of aromatic nitrogens is 2. The van der Waals surface area contributed by atoms with Gasteiger partial charge in [-0.3, -0.25) is 4.79 Å². The van der Waals surface area contributed by atoms with Gasteiger partial charge in [-0.05, 0) is 12.1 Å². The predicted molar refractivity (Wildman–Crippen MR) is 52.1 cm³/mol. The average molecular weight is 186 g/mol. The Morgan fingerprint density at radius 2 is 2.21 bits per heavy atom. The summed E-state index contributed by atoms with van der Waals surface area (Å²) in [5.74, 6) is 0. The number of hydrogen-bond donors (Lipinski definition) is 1. The van der Waals surface area contributed by atoms with Crippen molar-refractivity contribution < 1.29 is 4.42 Å². The minimum atomic E-state index is -0.145. The van der Waals surface area contributed by atoms with Crippen LogP contribution in [0.4, 0.5) is 0 Å². The third kappa shape index (κ3) is 0.821. The SMILES string of the molecule is O=c1[nH]cnc2c1ccc1ccoc12. The van der Waals surface area contributed by atoms with E-state index in [0.717, 1.165) is 5.39 Å². The molecule has 4 nitrogen and oxygen atoms in total. The van der Waals surface area contributed by atoms with Crippen LogP contribution in [0.1, 0.15) is 0 Å². The molecule has 1 aromatic carbocycles. The van der Waals surface area contributed by atoms with Gasteiger partial charge in [0, 0.05) is 5.39 Å². The summed E-state index contributed by atoms with van der Waals surface area (Å²) in [4.78, 5) is 18.0. The van der Waals surface area contributed by atoms with Crippen molar-refractivity contribution in [2.45, 2.75) is 0 Å². The van der Waals surface area contributed by atoms with Gasteiger partial charge in [0.1, 0.15) is 5.52 Å². The Kier molecular flexibility index (Phi) is 1.28. The van der Waals surface area contributed by atoms with Gasteiger partial charge in [-0.25, -0.2) is 4.98 Å². The normalized spacial score (nSPS) is 11.1. The summed E-state index contributed by atoms with van der Waals surface area (Å²) >= 11 is 0. The van der Waals surface area contributed by atoms with Crippen LogP contribution in [0.25, 0.3) is 21.9 Å². The maximum Gasteiger partial charge on any atom is 0.258 e. The van der Waals surface area contributed by atoms with Crippen molar-refractivity contribution in [3.05, 3.63) is 41.1 Å². The number of fused-ring (bicyclic) bond motifs is 3.